The molecule has 1 rings (SSSR count). The van der Waals surface area contributed by atoms with Crippen LogP contribution in [0.25, 0.3) is 0 Å². The molecule has 0 aromatic carbocycles. The lowest BCUT2D eigenvalue weighted by molar-refractivity contribution is 0.0976. The molecule has 72 valence electrons. The van der Waals surface area contributed by atoms with E-state index in [2.05, 4.69) is 29.8 Å². The van der Waals surface area contributed by atoms with Crippen LogP contribution in [-0.4, -0.2) is 5.78 Å². The zero-order valence-electron chi connectivity index (χ0n) is 7.84. The first-order chi connectivity index (χ1) is 6.09. The van der Waals surface area contributed by atoms with Crippen LogP contribution in [0.5, 0.6) is 0 Å². The number of Topliss-reactive ketones (excluding diaryl/α,β-unsaturated/α-hetero) is 1. The normalized spacial score (nSPS) is 10.8. The fraction of sp³-hybridized carbons (Fsp3) is 0.500. The third kappa shape index (κ3) is 3.61. The zero-order valence-corrected chi connectivity index (χ0v) is 10.2. The molecule has 1 aromatic rings. The fourth-order valence-corrected chi connectivity index (χ4v) is 2.18. The topological polar surface area (TPSA) is 17.1 Å². The number of rotatable bonds is 4. The molecule has 0 aliphatic rings. The molecule has 0 unspecified atom stereocenters. The molecule has 1 heterocycles. The van der Waals surface area contributed by atoms with Gasteiger partial charge in [-0.05, 0) is 34.3 Å². The van der Waals surface area contributed by atoms with E-state index in [9.17, 15) is 4.79 Å². The first kappa shape index (κ1) is 10.9. The van der Waals surface area contributed by atoms with Gasteiger partial charge in [-0.2, -0.15) is 0 Å². The van der Waals surface area contributed by atoms with Crippen LogP contribution in [0.4, 0.5) is 0 Å². The number of hydrogen-bond donors (Lipinski definition) is 0. The minimum Gasteiger partial charge on any atom is -0.294 e. The van der Waals surface area contributed by atoms with Gasteiger partial charge in [-0.1, -0.05) is 13.8 Å². The second kappa shape index (κ2) is 4.91. The van der Waals surface area contributed by atoms with Crippen molar-refractivity contribution in [1.29, 1.82) is 0 Å². The van der Waals surface area contributed by atoms with Crippen LogP contribution in [0.1, 0.15) is 37.0 Å². The standard InChI is InChI=1S/C10H13BrOS/c1-7(2)3-4-9(12)8-5-10(11)13-6-8/h5-7H,3-4H2,1-2H3. The molecular formula is C10H13BrOS. The third-order valence-electron chi connectivity index (χ3n) is 1.84. The monoisotopic (exact) mass is 260 g/mol. The lowest BCUT2D eigenvalue weighted by Crippen LogP contribution is -1.99. The first-order valence-electron chi connectivity index (χ1n) is 4.37. The summed E-state index contributed by atoms with van der Waals surface area (Å²) in [7, 11) is 0. The number of carbonyl (C=O) groups is 1. The van der Waals surface area contributed by atoms with Gasteiger partial charge < -0.3 is 0 Å². The largest absolute Gasteiger partial charge is 0.294 e. The molecule has 3 heteroatoms. The van der Waals surface area contributed by atoms with E-state index in [0.29, 0.717) is 12.3 Å². The zero-order chi connectivity index (χ0) is 9.84. The highest BCUT2D eigenvalue weighted by Gasteiger charge is 2.08. The highest BCUT2D eigenvalue weighted by Crippen LogP contribution is 2.22. The second-order valence-electron chi connectivity index (χ2n) is 3.50. The molecule has 13 heavy (non-hydrogen) atoms. The Morgan fingerprint density at radius 3 is 2.77 bits per heavy atom. The van der Waals surface area contributed by atoms with Gasteiger partial charge in [0.15, 0.2) is 5.78 Å². The molecule has 0 aliphatic carbocycles. The Labute approximate surface area is 91.3 Å². The van der Waals surface area contributed by atoms with E-state index in [1.165, 1.54) is 0 Å². The van der Waals surface area contributed by atoms with E-state index in [1.807, 2.05) is 11.4 Å². The predicted molar refractivity (Wildman–Crippen MR) is 60.4 cm³/mol. The van der Waals surface area contributed by atoms with E-state index >= 15 is 0 Å². The first-order valence-corrected chi connectivity index (χ1v) is 6.04. The van der Waals surface area contributed by atoms with Crippen molar-refractivity contribution < 1.29 is 4.79 Å². The minimum atomic E-state index is 0.260. The molecule has 0 N–H and O–H groups in total. The average molecular weight is 261 g/mol. The Balaban J connectivity index is 2.49. The molecule has 0 saturated heterocycles. The number of hydrogen-bond acceptors (Lipinski definition) is 2. The molecule has 0 amide bonds. The van der Waals surface area contributed by atoms with Gasteiger partial charge in [-0.15, -0.1) is 11.3 Å². The van der Waals surface area contributed by atoms with Crippen molar-refractivity contribution in [2.75, 3.05) is 0 Å². The van der Waals surface area contributed by atoms with Crippen LogP contribution >= 0.6 is 27.3 Å². The van der Waals surface area contributed by atoms with Crippen LogP contribution in [0.15, 0.2) is 15.2 Å². The molecule has 1 nitrogen and oxygen atoms in total. The van der Waals surface area contributed by atoms with Gasteiger partial charge in [0, 0.05) is 17.4 Å². The summed E-state index contributed by atoms with van der Waals surface area (Å²) in [5.74, 6) is 0.863. The summed E-state index contributed by atoms with van der Waals surface area (Å²) < 4.78 is 1.03. The van der Waals surface area contributed by atoms with E-state index in [0.717, 1.165) is 15.8 Å². The van der Waals surface area contributed by atoms with Crippen molar-refractivity contribution in [2.45, 2.75) is 26.7 Å². The maximum absolute atomic E-state index is 11.5. The Bertz CT molecular complexity index is 291. The predicted octanol–water partition coefficient (Wildman–Crippen LogP) is 4.13. The number of halogens is 1. The van der Waals surface area contributed by atoms with Crippen molar-refractivity contribution in [2.24, 2.45) is 5.92 Å². The van der Waals surface area contributed by atoms with Gasteiger partial charge in [0.1, 0.15) is 0 Å². The molecule has 0 spiro atoms. The van der Waals surface area contributed by atoms with Gasteiger partial charge in [-0.25, -0.2) is 0 Å². The molecule has 0 atom stereocenters. The lowest BCUT2D eigenvalue weighted by Gasteiger charge is -2.01. The maximum Gasteiger partial charge on any atom is 0.163 e. The van der Waals surface area contributed by atoms with Gasteiger partial charge >= 0.3 is 0 Å². The molecule has 1 aromatic heterocycles. The number of carbonyl (C=O) groups excluding carboxylic acids is 1. The van der Waals surface area contributed by atoms with Crippen LogP contribution in [0.2, 0.25) is 0 Å². The van der Waals surface area contributed by atoms with Crippen LogP contribution in [-0.2, 0) is 0 Å². The summed E-state index contributed by atoms with van der Waals surface area (Å²) in [6, 6.07) is 1.90. The van der Waals surface area contributed by atoms with E-state index in [-0.39, 0.29) is 5.78 Å². The van der Waals surface area contributed by atoms with Crippen LogP contribution in [0.3, 0.4) is 0 Å². The highest BCUT2D eigenvalue weighted by molar-refractivity contribution is 9.11. The summed E-state index contributed by atoms with van der Waals surface area (Å²) in [5.41, 5.74) is 0.845. The van der Waals surface area contributed by atoms with Gasteiger partial charge in [0.2, 0.25) is 0 Å². The second-order valence-corrected chi connectivity index (χ2v) is 5.79. The average Bonchev–Trinajstić information content (AvgIpc) is 2.47. The molecule has 0 saturated carbocycles. The van der Waals surface area contributed by atoms with Crippen LogP contribution < -0.4 is 0 Å². The van der Waals surface area contributed by atoms with E-state index < -0.39 is 0 Å². The lowest BCUT2D eigenvalue weighted by atomic mass is 10.0. The van der Waals surface area contributed by atoms with Gasteiger partial charge in [-0.3, -0.25) is 4.79 Å². The van der Waals surface area contributed by atoms with E-state index in [1.54, 1.807) is 11.3 Å². The van der Waals surface area contributed by atoms with E-state index in [4.69, 9.17) is 0 Å². The summed E-state index contributed by atoms with van der Waals surface area (Å²) in [6.45, 7) is 4.27. The molecule has 0 aliphatic heterocycles. The van der Waals surface area contributed by atoms with Crippen molar-refractivity contribution in [3.8, 4) is 0 Å². The summed E-state index contributed by atoms with van der Waals surface area (Å²) in [6.07, 6.45) is 1.65. The van der Waals surface area contributed by atoms with Gasteiger partial charge in [0.25, 0.3) is 0 Å². The number of ketones is 1. The van der Waals surface area contributed by atoms with Crippen LogP contribution in [0, 0.1) is 5.92 Å². The maximum atomic E-state index is 11.5. The Hall–Kier alpha value is -0.150. The third-order valence-corrected chi connectivity index (χ3v) is 3.34. The smallest absolute Gasteiger partial charge is 0.163 e. The Morgan fingerprint density at radius 2 is 2.31 bits per heavy atom. The fourth-order valence-electron chi connectivity index (χ4n) is 1.02. The Kier molecular flexibility index (Phi) is 4.13. The van der Waals surface area contributed by atoms with Crippen molar-refractivity contribution in [1.82, 2.24) is 0 Å². The van der Waals surface area contributed by atoms with Gasteiger partial charge in [0.05, 0.1) is 3.79 Å². The number of thiophene rings is 1. The molecule has 0 bridgehead atoms. The highest BCUT2D eigenvalue weighted by atomic mass is 79.9. The summed E-state index contributed by atoms with van der Waals surface area (Å²) >= 11 is 4.91. The van der Waals surface area contributed by atoms with Crippen molar-refractivity contribution in [3.63, 3.8) is 0 Å². The van der Waals surface area contributed by atoms with Crippen molar-refractivity contribution in [3.05, 3.63) is 20.8 Å². The Morgan fingerprint density at radius 1 is 1.62 bits per heavy atom. The molecule has 0 fully saturated rings. The quantitative estimate of drug-likeness (QED) is 0.745. The molecule has 0 radical (unpaired) electrons. The van der Waals surface area contributed by atoms with Crippen molar-refractivity contribution >= 4 is 33.0 Å². The summed E-state index contributed by atoms with van der Waals surface area (Å²) in [5, 5.41) is 1.91. The minimum absolute atomic E-state index is 0.260. The SMILES string of the molecule is CC(C)CCC(=O)c1csc(Br)c1. The summed E-state index contributed by atoms with van der Waals surface area (Å²) in [4.78, 5) is 11.5. The molecular weight excluding hydrogens is 248 g/mol.